The van der Waals surface area contributed by atoms with Gasteiger partial charge < -0.3 is 9.84 Å². The number of carbonyl (C=O) groups excluding carboxylic acids is 1. The molecule has 0 aliphatic rings. The summed E-state index contributed by atoms with van der Waals surface area (Å²) in [5.74, 6) is -6.53. The molecule has 0 aliphatic carbocycles. The summed E-state index contributed by atoms with van der Waals surface area (Å²) in [6.07, 6.45) is -5.06. The molecule has 0 bridgehead atoms. The van der Waals surface area contributed by atoms with Crippen LogP contribution >= 0.6 is 0 Å². The number of carbonyl (C=O) groups is 2. The zero-order chi connectivity index (χ0) is 15.4. The number of nitrogens with zero attached hydrogens (tertiary/aromatic N) is 1. The lowest BCUT2D eigenvalue weighted by atomic mass is 10.1. The predicted molar refractivity (Wildman–Crippen MR) is 60.5 cm³/mol. The lowest BCUT2D eigenvalue weighted by molar-refractivity contribution is -0.205. The first-order chi connectivity index (χ1) is 8.46. The van der Waals surface area contributed by atoms with Gasteiger partial charge in [-0.25, -0.2) is 18.4 Å². The number of carboxylic acids is 1. The predicted octanol–water partition coefficient (Wildman–Crippen LogP) is 3.00. The van der Waals surface area contributed by atoms with Gasteiger partial charge in [0.05, 0.1) is 0 Å². The number of aliphatic carboxylic acids is 1. The zero-order valence-corrected chi connectivity index (χ0v) is 11.2. The van der Waals surface area contributed by atoms with Crippen molar-refractivity contribution in [1.29, 1.82) is 0 Å². The van der Waals surface area contributed by atoms with Crippen LogP contribution in [0.25, 0.3) is 0 Å². The van der Waals surface area contributed by atoms with Crippen LogP contribution in [0.15, 0.2) is 0 Å². The molecule has 112 valence electrons. The Morgan fingerprint density at radius 1 is 1.37 bits per heavy atom. The normalized spacial score (nSPS) is 16.4. The summed E-state index contributed by atoms with van der Waals surface area (Å²) in [4.78, 5) is 22.0. The van der Waals surface area contributed by atoms with Gasteiger partial charge in [0.25, 0.3) is 0 Å². The van der Waals surface area contributed by atoms with Crippen molar-refractivity contribution in [2.75, 3.05) is 0 Å². The number of rotatable bonds is 5. The van der Waals surface area contributed by atoms with Gasteiger partial charge in [-0.2, -0.15) is 0 Å². The molecule has 0 heterocycles. The molecule has 0 saturated heterocycles. The molecule has 0 radical (unpaired) electrons. The van der Waals surface area contributed by atoms with E-state index in [2.05, 4.69) is 4.74 Å². The van der Waals surface area contributed by atoms with Gasteiger partial charge in [-0.05, 0) is 27.2 Å². The Morgan fingerprint density at radius 3 is 2.16 bits per heavy atom. The van der Waals surface area contributed by atoms with E-state index in [0.29, 0.717) is 0 Å². The zero-order valence-electron chi connectivity index (χ0n) is 11.2. The van der Waals surface area contributed by atoms with E-state index in [1.54, 1.807) is 0 Å². The maximum atomic E-state index is 14.0. The van der Waals surface area contributed by atoms with Gasteiger partial charge in [-0.1, -0.05) is 22.9 Å². The summed E-state index contributed by atoms with van der Waals surface area (Å²) in [6, 6.07) is 0. The second kappa shape index (κ2) is 6.12. The quantitative estimate of drug-likeness (QED) is 0.623. The molecule has 5 nitrogen and oxygen atoms in total. The third kappa shape index (κ3) is 4.29. The van der Waals surface area contributed by atoms with E-state index in [0.717, 1.165) is 0 Å². The van der Waals surface area contributed by atoms with Crippen LogP contribution in [0.4, 0.5) is 18.1 Å². The molecule has 0 aliphatic heterocycles. The monoisotopic (exact) mass is 285 g/mol. The SMILES string of the molecule is CCCC(F)[C@@](F)(C(=O)O)N(F)C(=O)OC(C)(C)C. The second-order valence-corrected chi connectivity index (χ2v) is 5.00. The summed E-state index contributed by atoms with van der Waals surface area (Å²) < 4.78 is 45.5. The fraction of sp³-hybridized carbons (Fsp3) is 0.818. The van der Waals surface area contributed by atoms with Crippen molar-refractivity contribution in [1.82, 2.24) is 5.12 Å². The smallest absolute Gasteiger partial charge is 0.442 e. The van der Waals surface area contributed by atoms with E-state index >= 15 is 0 Å². The molecule has 1 N–H and O–H groups in total. The molecule has 0 fully saturated rings. The lowest BCUT2D eigenvalue weighted by Gasteiger charge is -2.30. The Labute approximate surface area is 109 Å². The number of hydrogen-bond donors (Lipinski definition) is 1. The molecule has 19 heavy (non-hydrogen) atoms. The average Bonchev–Trinajstić information content (AvgIpc) is 2.24. The Bertz CT molecular complexity index is 345. The van der Waals surface area contributed by atoms with Crippen molar-refractivity contribution in [3.8, 4) is 0 Å². The molecule has 0 rings (SSSR count). The first-order valence-electron chi connectivity index (χ1n) is 5.72. The van der Waals surface area contributed by atoms with Crippen LogP contribution in [-0.4, -0.2) is 39.9 Å². The van der Waals surface area contributed by atoms with Crippen LogP contribution in [0.3, 0.4) is 0 Å². The van der Waals surface area contributed by atoms with E-state index in [1.165, 1.54) is 27.7 Å². The van der Waals surface area contributed by atoms with Crippen LogP contribution < -0.4 is 0 Å². The molecular formula is C11H18F3NO4. The third-order valence-corrected chi connectivity index (χ3v) is 2.10. The van der Waals surface area contributed by atoms with Crippen molar-refractivity contribution in [3.63, 3.8) is 0 Å². The van der Waals surface area contributed by atoms with Gasteiger partial charge in [0.1, 0.15) is 5.60 Å². The molecule has 0 aromatic heterocycles. The maximum absolute atomic E-state index is 14.0. The lowest BCUT2D eigenvalue weighted by Crippen LogP contribution is -2.57. The summed E-state index contributed by atoms with van der Waals surface area (Å²) in [5.41, 5.74) is -1.17. The second-order valence-electron chi connectivity index (χ2n) is 5.00. The first-order valence-corrected chi connectivity index (χ1v) is 5.72. The van der Waals surface area contributed by atoms with Crippen LogP contribution in [-0.2, 0) is 9.53 Å². The Kier molecular flexibility index (Phi) is 5.64. The van der Waals surface area contributed by atoms with E-state index in [9.17, 15) is 22.9 Å². The molecule has 0 aromatic carbocycles. The molecular weight excluding hydrogens is 267 g/mol. The average molecular weight is 285 g/mol. The fourth-order valence-electron chi connectivity index (χ4n) is 1.22. The highest BCUT2D eigenvalue weighted by Gasteiger charge is 2.57. The highest BCUT2D eigenvalue weighted by atomic mass is 19.2. The molecule has 8 heteroatoms. The highest BCUT2D eigenvalue weighted by molar-refractivity contribution is 5.82. The van der Waals surface area contributed by atoms with E-state index in [1.807, 2.05) is 0 Å². The summed E-state index contributed by atoms with van der Waals surface area (Å²) in [5, 5.41) is 7.30. The fourth-order valence-corrected chi connectivity index (χ4v) is 1.22. The molecule has 2 atom stereocenters. The number of carboxylic acid groups (broad SMARTS) is 1. The minimum atomic E-state index is -4.10. The van der Waals surface area contributed by atoms with Crippen LogP contribution in [0, 0.1) is 0 Å². The van der Waals surface area contributed by atoms with Crippen LogP contribution in [0.5, 0.6) is 0 Å². The molecule has 1 amide bonds. The van der Waals surface area contributed by atoms with Crippen molar-refractivity contribution < 1.29 is 32.7 Å². The molecule has 0 saturated carbocycles. The van der Waals surface area contributed by atoms with Gasteiger partial charge in [-0.3, -0.25) is 0 Å². The van der Waals surface area contributed by atoms with Crippen LogP contribution in [0.1, 0.15) is 40.5 Å². The molecule has 0 spiro atoms. The van der Waals surface area contributed by atoms with Gasteiger partial charge in [0.2, 0.25) is 0 Å². The molecule has 1 unspecified atom stereocenters. The minimum absolute atomic E-state index is 0.0856. The Balaban J connectivity index is 5.19. The summed E-state index contributed by atoms with van der Waals surface area (Å²) >= 11 is 0. The standard InChI is InChI=1S/C11H18F3NO4/c1-5-6-7(12)11(13,8(16)17)15(14)9(18)19-10(2,3)4/h7H,5-6H2,1-4H3,(H,16,17)/t7?,11-/m0/s1. The van der Waals surface area contributed by atoms with Gasteiger partial charge in [0.15, 0.2) is 6.17 Å². The Hall–Kier alpha value is -1.47. The van der Waals surface area contributed by atoms with Gasteiger partial charge in [-0.15, -0.1) is 0 Å². The van der Waals surface area contributed by atoms with Gasteiger partial charge in [0, 0.05) is 0 Å². The molecule has 0 aromatic rings. The number of ether oxygens (including phenoxy) is 1. The third-order valence-electron chi connectivity index (χ3n) is 2.10. The van der Waals surface area contributed by atoms with Gasteiger partial charge >= 0.3 is 17.9 Å². The summed E-state index contributed by atoms with van der Waals surface area (Å²) in [6.45, 7) is 5.58. The van der Waals surface area contributed by atoms with E-state index in [-0.39, 0.29) is 6.42 Å². The first kappa shape index (κ1) is 17.5. The van der Waals surface area contributed by atoms with Crippen LogP contribution in [0.2, 0.25) is 0 Å². The number of halogens is 3. The minimum Gasteiger partial charge on any atom is -0.477 e. The number of alkyl halides is 2. The topological polar surface area (TPSA) is 66.8 Å². The number of hydrogen-bond acceptors (Lipinski definition) is 3. The van der Waals surface area contributed by atoms with Crippen molar-refractivity contribution in [3.05, 3.63) is 0 Å². The summed E-state index contributed by atoms with van der Waals surface area (Å²) in [7, 11) is 0. The number of amides is 1. The largest absolute Gasteiger partial charge is 0.477 e. The highest BCUT2D eigenvalue weighted by Crippen LogP contribution is 2.30. The van der Waals surface area contributed by atoms with E-state index < -0.39 is 41.2 Å². The van der Waals surface area contributed by atoms with Crippen molar-refractivity contribution in [2.45, 2.75) is 58.1 Å². The van der Waals surface area contributed by atoms with Crippen molar-refractivity contribution >= 4 is 12.1 Å². The Morgan fingerprint density at radius 2 is 1.84 bits per heavy atom. The van der Waals surface area contributed by atoms with E-state index in [4.69, 9.17) is 5.11 Å². The maximum Gasteiger partial charge on any atom is 0.442 e. The van der Waals surface area contributed by atoms with Crippen molar-refractivity contribution in [2.24, 2.45) is 0 Å².